The fourth-order valence-corrected chi connectivity index (χ4v) is 6.93. The lowest BCUT2D eigenvalue weighted by Gasteiger charge is -2.24. The van der Waals surface area contributed by atoms with E-state index in [0.717, 1.165) is 33.2 Å². The van der Waals surface area contributed by atoms with Crippen molar-refractivity contribution in [3.63, 3.8) is 0 Å². The van der Waals surface area contributed by atoms with Crippen molar-refractivity contribution in [2.24, 2.45) is 10.7 Å². The number of benzene rings is 5. The first-order valence-electron chi connectivity index (χ1n) is 16.3. The normalized spacial score (nSPS) is 12.9. The van der Waals surface area contributed by atoms with Crippen molar-refractivity contribution in [2.45, 2.75) is 38.0 Å². The molecule has 0 saturated carbocycles. The Morgan fingerprint density at radius 3 is 2.28 bits per heavy atom. The standard InChI is InChI=1S/C39H41N5O5S/c1-6-48-18-17-42-50(45,46)31-15-13-27(14-16-31)43-33-22-26(39(2,3)4)19-25-21-32-36(38(41)44-37(32)40)35(34(25)33)24-9-7-11-29(20-24)49-30-12-8-10-28(23-30)47-5/h7-16,19-23,42-43H,6,17-18H2,1-5H3,(H3,40,41,44). The molecule has 0 fully saturated rings. The van der Waals surface area contributed by atoms with Gasteiger partial charge in [0.1, 0.15) is 23.1 Å². The molecular weight excluding hydrogens is 651 g/mol. The van der Waals surface area contributed by atoms with E-state index in [9.17, 15) is 8.42 Å². The summed E-state index contributed by atoms with van der Waals surface area (Å²) in [6.45, 7) is 9.29. The van der Waals surface area contributed by atoms with E-state index in [1.54, 1.807) is 31.4 Å². The Bertz CT molecular complexity index is 2230. The summed E-state index contributed by atoms with van der Waals surface area (Å²) in [5.74, 6) is 2.28. The lowest BCUT2D eigenvalue weighted by molar-refractivity contribution is 0.153. The lowest BCUT2D eigenvalue weighted by Crippen LogP contribution is -2.27. The maximum atomic E-state index is 12.9. The van der Waals surface area contributed by atoms with E-state index in [0.29, 0.717) is 47.3 Å². The zero-order valence-electron chi connectivity index (χ0n) is 28.8. The van der Waals surface area contributed by atoms with Crippen LogP contribution in [0.4, 0.5) is 11.4 Å². The van der Waals surface area contributed by atoms with Crippen LogP contribution in [0.2, 0.25) is 0 Å². The van der Waals surface area contributed by atoms with E-state index in [2.05, 4.69) is 47.9 Å². The minimum absolute atomic E-state index is 0.103. The number of ether oxygens (including phenoxy) is 3. The van der Waals surface area contributed by atoms with E-state index in [1.807, 2.05) is 61.5 Å². The monoisotopic (exact) mass is 691 g/mol. The highest BCUT2D eigenvalue weighted by Crippen LogP contribution is 2.44. The third kappa shape index (κ3) is 7.20. The largest absolute Gasteiger partial charge is 0.497 e. The molecule has 10 nitrogen and oxygen atoms in total. The second-order valence-electron chi connectivity index (χ2n) is 12.9. The number of methoxy groups -OCH3 is 1. The van der Waals surface area contributed by atoms with Gasteiger partial charge in [0.25, 0.3) is 0 Å². The van der Waals surface area contributed by atoms with Gasteiger partial charge in [-0.15, -0.1) is 0 Å². The molecule has 5 N–H and O–H groups in total. The van der Waals surface area contributed by atoms with Crippen LogP contribution >= 0.6 is 0 Å². The van der Waals surface area contributed by atoms with Crippen molar-refractivity contribution >= 4 is 43.8 Å². The predicted octanol–water partition coefficient (Wildman–Crippen LogP) is 7.71. The van der Waals surface area contributed by atoms with Gasteiger partial charge in [-0.05, 0) is 89.5 Å². The third-order valence-electron chi connectivity index (χ3n) is 8.43. The van der Waals surface area contributed by atoms with E-state index >= 15 is 0 Å². The Hall–Kier alpha value is -5.23. The van der Waals surface area contributed by atoms with Crippen LogP contribution in [0.5, 0.6) is 17.2 Å². The Morgan fingerprint density at radius 2 is 1.58 bits per heavy atom. The molecule has 0 saturated heterocycles. The summed E-state index contributed by atoms with van der Waals surface area (Å²) in [5, 5.41) is 14.0. The minimum atomic E-state index is -3.71. The SMILES string of the molecule is CCOCCNS(=O)(=O)c1ccc(Nc2cc(C(C)(C)C)cc3cc4c(c(-c5cccc(Oc6cccc(OC)c6)c5)c23)C(N)=NC4=N)cc1. The van der Waals surface area contributed by atoms with Crippen LogP contribution in [-0.2, 0) is 20.2 Å². The number of amidine groups is 2. The highest BCUT2D eigenvalue weighted by molar-refractivity contribution is 7.89. The van der Waals surface area contributed by atoms with Crippen LogP contribution in [0.3, 0.4) is 0 Å². The van der Waals surface area contributed by atoms with E-state index < -0.39 is 10.0 Å². The van der Waals surface area contributed by atoms with Crippen LogP contribution in [-0.4, -0.2) is 47.0 Å². The van der Waals surface area contributed by atoms with Crippen molar-refractivity contribution in [1.82, 2.24) is 4.72 Å². The van der Waals surface area contributed by atoms with Crippen LogP contribution in [0.25, 0.3) is 21.9 Å². The number of aliphatic imine (C=N–C) groups is 1. The number of hydrogen-bond acceptors (Lipinski definition) is 8. The summed E-state index contributed by atoms with van der Waals surface area (Å²) in [4.78, 5) is 4.52. The Balaban J connectivity index is 1.49. The van der Waals surface area contributed by atoms with Gasteiger partial charge < -0.3 is 25.3 Å². The molecule has 5 aromatic rings. The van der Waals surface area contributed by atoms with Gasteiger partial charge in [-0.2, -0.15) is 0 Å². The maximum absolute atomic E-state index is 12.9. The summed E-state index contributed by atoms with van der Waals surface area (Å²) < 4.78 is 45.3. The number of anilines is 2. The van der Waals surface area contributed by atoms with Gasteiger partial charge in [0.15, 0.2) is 5.84 Å². The molecule has 6 rings (SSSR count). The third-order valence-corrected chi connectivity index (χ3v) is 9.91. The van der Waals surface area contributed by atoms with E-state index in [4.69, 9.17) is 25.4 Å². The van der Waals surface area contributed by atoms with E-state index in [-0.39, 0.29) is 28.5 Å². The molecule has 258 valence electrons. The number of fused-ring (bicyclic) bond motifs is 2. The van der Waals surface area contributed by atoms with Gasteiger partial charge in [0.05, 0.1) is 18.6 Å². The van der Waals surface area contributed by atoms with Gasteiger partial charge >= 0.3 is 0 Å². The fraction of sp³-hybridized carbons (Fsp3) is 0.231. The van der Waals surface area contributed by atoms with Crippen LogP contribution in [0.1, 0.15) is 44.4 Å². The molecule has 5 aromatic carbocycles. The molecule has 11 heteroatoms. The Morgan fingerprint density at radius 1 is 0.880 bits per heavy atom. The van der Waals surface area contributed by atoms with Gasteiger partial charge in [-0.1, -0.05) is 45.0 Å². The number of sulfonamides is 1. The average Bonchev–Trinajstić information content (AvgIpc) is 3.37. The first-order valence-corrected chi connectivity index (χ1v) is 17.8. The molecule has 0 aliphatic carbocycles. The number of nitrogens with one attached hydrogen (secondary N) is 3. The average molecular weight is 692 g/mol. The van der Waals surface area contributed by atoms with Crippen molar-refractivity contribution in [3.05, 3.63) is 108 Å². The molecule has 0 unspecified atom stereocenters. The summed E-state index contributed by atoms with van der Waals surface area (Å²) in [6.07, 6.45) is 0. The van der Waals surface area contributed by atoms with Gasteiger partial charge in [-0.25, -0.2) is 18.1 Å². The fourth-order valence-electron chi connectivity index (χ4n) is 5.92. The molecule has 0 amide bonds. The zero-order valence-corrected chi connectivity index (χ0v) is 29.6. The highest BCUT2D eigenvalue weighted by Gasteiger charge is 2.28. The molecule has 1 aliphatic heterocycles. The van der Waals surface area contributed by atoms with Crippen molar-refractivity contribution in [3.8, 4) is 28.4 Å². The first-order chi connectivity index (χ1) is 23.9. The predicted molar refractivity (Wildman–Crippen MR) is 200 cm³/mol. The van der Waals surface area contributed by atoms with Crippen LogP contribution in [0.15, 0.2) is 101 Å². The molecular formula is C39H41N5O5S. The second-order valence-corrected chi connectivity index (χ2v) is 14.7. The smallest absolute Gasteiger partial charge is 0.240 e. The number of rotatable bonds is 12. The van der Waals surface area contributed by atoms with Crippen LogP contribution < -0.4 is 25.2 Å². The second kappa shape index (κ2) is 13.9. The maximum Gasteiger partial charge on any atom is 0.240 e. The summed E-state index contributed by atoms with van der Waals surface area (Å²) in [5.41, 5.74) is 11.8. The van der Waals surface area contributed by atoms with Crippen molar-refractivity contribution in [1.29, 1.82) is 5.41 Å². The minimum Gasteiger partial charge on any atom is -0.497 e. The molecule has 50 heavy (non-hydrogen) atoms. The molecule has 0 radical (unpaired) electrons. The molecule has 0 spiro atoms. The Labute approximate surface area is 292 Å². The van der Waals surface area contributed by atoms with Crippen molar-refractivity contribution < 1.29 is 22.6 Å². The molecule has 1 aliphatic rings. The van der Waals surface area contributed by atoms with Crippen LogP contribution in [0, 0.1) is 5.41 Å². The summed E-state index contributed by atoms with van der Waals surface area (Å²) in [7, 11) is -2.10. The quantitative estimate of drug-likeness (QED) is 0.0980. The molecule has 0 bridgehead atoms. The van der Waals surface area contributed by atoms with Gasteiger partial charge in [0, 0.05) is 52.7 Å². The van der Waals surface area contributed by atoms with Crippen molar-refractivity contribution in [2.75, 3.05) is 32.2 Å². The highest BCUT2D eigenvalue weighted by atomic mass is 32.2. The first kappa shape index (κ1) is 34.6. The number of nitrogens with zero attached hydrogens (tertiary/aromatic N) is 1. The topological polar surface area (TPSA) is 148 Å². The molecule has 0 atom stereocenters. The van der Waals surface area contributed by atoms with E-state index in [1.165, 1.54) is 0 Å². The Kier molecular flexibility index (Phi) is 9.66. The van der Waals surface area contributed by atoms with Gasteiger partial charge in [-0.3, -0.25) is 5.41 Å². The summed E-state index contributed by atoms with van der Waals surface area (Å²) >= 11 is 0. The molecule has 0 aromatic heterocycles. The molecule has 1 heterocycles. The number of nitrogens with two attached hydrogens (primary N) is 1. The number of hydrogen-bond donors (Lipinski definition) is 4. The summed E-state index contributed by atoms with van der Waals surface area (Å²) in [6, 6.07) is 28.0. The zero-order chi connectivity index (χ0) is 35.6. The lowest BCUT2D eigenvalue weighted by atomic mass is 9.82. The van der Waals surface area contributed by atoms with Gasteiger partial charge in [0.2, 0.25) is 10.0 Å².